The van der Waals surface area contributed by atoms with Crippen LogP contribution in [0.25, 0.3) is 0 Å². The Morgan fingerprint density at radius 2 is 1.96 bits per heavy atom. The lowest BCUT2D eigenvalue weighted by Gasteiger charge is -2.27. The number of likely N-dealkylation sites (N-methyl/N-ethyl adjacent to an activating group) is 1. The lowest BCUT2D eigenvalue weighted by atomic mass is 10.1. The van der Waals surface area contributed by atoms with Gasteiger partial charge in [-0.1, -0.05) is 44.2 Å². The predicted octanol–water partition coefficient (Wildman–Crippen LogP) is 2.92. The van der Waals surface area contributed by atoms with Crippen molar-refractivity contribution in [3.05, 3.63) is 35.9 Å². The summed E-state index contributed by atoms with van der Waals surface area (Å²) in [6.45, 7) is 12.0. The number of hydrogen-bond acceptors (Lipinski definition) is 2. The third-order valence-corrected chi connectivity index (χ3v) is 5.43. The van der Waals surface area contributed by atoms with Crippen LogP contribution in [0.2, 0.25) is 0 Å². The fraction of sp³-hybridized carbons (Fsp3) is 0.650. The maximum absolute atomic E-state index is 4.77. The second-order valence-corrected chi connectivity index (χ2v) is 6.91. The number of nitrogens with zero attached hydrogens (tertiary/aromatic N) is 3. The molecule has 132 valence electrons. The summed E-state index contributed by atoms with van der Waals surface area (Å²) in [4.78, 5) is 9.81. The van der Waals surface area contributed by atoms with Crippen LogP contribution in [0.4, 0.5) is 0 Å². The third kappa shape index (κ3) is 3.92. The molecule has 1 aliphatic carbocycles. The first kappa shape index (κ1) is 17.3. The molecule has 1 saturated carbocycles. The third-order valence-electron chi connectivity index (χ3n) is 5.43. The van der Waals surface area contributed by atoms with Gasteiger partial charge in [0.2, 0.25) is 0 Å². The second kappa shape index (κ2) is 8.02. The summed E-state index contributed by atoms with van der Waals surface area (Å²) in [5.41, 5.74) is 1.45. The van der Waals surface area contributed by atoms with Crippen LogP contribution in [-0.2, 0) is 0 Å². The van der Waals surface area contributed by atoms with Crippen molar-refractivity contribution in [3.63, 3.8) is 0 Å². The highest BCUT2D eigenvalue weighted by Crippen LogP contribution is 2.40. The molecule has 4 heteroatoms. The predicted molar refractivity (Wildman–Crippen MR) is 102 cm³/mol. The van der Waals surface area contributed by atoms with Crippen molar-refractivity contribution in [2.45, 2.75) is 51.6 Å². The van der Waals surface area contributed by atoms with Crippen molar-refractivity contribution in [2.24, 2.45) is 4.99 Å². The second-order valence-electron chi connectivity index (χ2n) is 6.91. The summed E-state index contributed by atoms with van der Waals surface area (Å²) in [6, 6.07) is 12.1. The van der Waals surface area contributed by atoms with Gasteiger partial charge in [0.1, 0.15) is 0 Å². The van der Waals surface area contributed by atoms with Crippen LogP contribution in [0.3, 0.4) is 0 Å². The topological polar surface area (TPSA) is 30.9 Å². The fourth-order valence-electron chi connectivity index (χ4n) is 3.95. The Morgan fingerprint density at radius 1 is 1.21 bits per heavy atom. The molecule has 3 unspecified atom stereocenters. The average molecular weight is 329 g/mol. The summed E-state index contributed by atoms with van der Waals surface area (Å²) >= 11 is 0. The minimum Gasteiger partial charge on any atom is -0.353 e. The van der Waals surface area contributed by atoms with E-state index in [-0.39, 0.29) is 0 Å². The van der Waals surface area contributed by atoms with E-state index in [2.05, 4.69) is 66.2 Å². The molecule has 1 aliphatic heterocycles. The zero-order chi connectivity index (χ0) is 16.9. The molecule has 1 saturated heterocycles. The van der Waals surface area contributed by atoms with Crippen LogP contribution in [0.1, 0.15) is 45.1 Å². The van der Waals surface area contributed by atoms with E-state index in [4.69, 9.17) is 4.99 Å². The number of benzene rings is 1. The molecule has 0 radical (unpaired) electrons. The monoisotopic (exact) mass is 328 g/mol. The summed E-state index contributed by atoms with van der Waals surface area (Å²) in [5, 5.41) is 3.74. The highest BCUT2D eigenvalue weighted by Gasteiger charge is 2.40. The van der Waals surface area contributed by atoms with E-state index in [1.165, 1.54) is 18.4 Å². The van der Waals surface area contributed by atoms with E-state index in [0.717, 1.165) is 38.7 Å². The summed E-state index contributed by atoms with van der Waals surface area (Å²) in [5.74, 6) is 1.77. The van der Waals surface area contributed by atoms with E-state index in [9.17, 15) is 0 Å². The van der Waals surface area contributed by atoms with Gasteiger partial charge in [-0.15, -0.1) is 0 Å². The first-order chi connectivity index (χ1) is 11.8. The van der Waals surface area contributed by atoms with E-state index < -0.39 is 0 Å². The van der Waals surface area contributed by atoms with Gasteiger partial charge in [-0.05, 0) is 38.4 Å². The van der Waals surface area contributed by atoms with Gasteiger partial charge >= 0.3 is 0 Å². The SMILES string of the molecule is CCN=C(NC1CC1c1ccccc1)N1CCC(N(CC)CC)C1. The highest BCUT2D eigenvalue weighted by atomic mass is 15.3. The van der Waals surface area contributed by atoms with E-state index in [1.807, 2.05) is 0 Å². The van der Waals surface area contributed by atoms with Crippen molar-refractivity contribution < 1.29 is 0 Å². The van der Waals surface area contributed by atoms with Crippen LogP contribution >= 0.6 is 0 Å². The van der Waals surface area contributed by atoms with Crippen molar-refractivity contribution in [1.29, 1.82) is 0 Å². The van der Waals surface area contributed by atoms with Gasteiger partial charge in [0.15, 0.2) is 5.96 Å². The Hall–Kier alpha value is -1.55. The lowest BCUT2D eigenvalue weighted by molar-refractivity contribution is 0.223. The largest absolute Gasteiger partial charge is 0.353 e. The Bertz CT molecular complexity index is 538. The van der Waals surface area contributed by atoms with Crippen molar-refractivity contribution in [1.82, 2.24) is 15.1 Å². The van der Waals surface area contributed by atoms with E-state index in [0.29, 0.717) is 18.0 Å². The summed E-state index contributed by atoms with van der Waals surface area (Å²) < 4.78 is 0. The number of hydrogen-bond donors (Lipinski definition) is 1. The molecule has 1 N–H and O–H groups in total. The Balaban J connectivity index is 1.58. The van der Waals surface area contributed by atoms with Crippen molar-refractivity contribution >= 4 is 5.96 Å². The van der Waals surface area contributed by atoms with Gasteiger partial charge in [0.05, 0.1) is 0 Å². The summed E-state index contributed by atoms with van der Waals surface area (Å²) in [7, 11) is 0. The Labute approximate surface area is 146 Å². The quantitative estimate of drug-likeness (QED) is 0.643. The zero-order valence-corrected chi connectivity index (χ0v) is 15.4. The molecule has 3 atom stereocenters. The number of aliphatic imine (C=N–C) groups is 1. The van der Waals surface area contributed by atoms with Crippen LogP contribution in [-0.4, -0.2) is 60.6 Å². The molecule has 2 fully saturated rings. The van der Waals surface area contributed by atoms with Gasteiger partial charge in [-0.3, -0.25) is 9.89 Å². The molecule has 0 aromatic heterocycles. The molecular weight excluding hydrogens is 296 g/mol. The molecule has 1 aromatic carbocycles. The van der Waals surface area contributed by atoms with Crippen molar-refractivity contribution in [2.75, 3.05) is 32.7 Å². The normalized spacial score (nSPS) is 26.9. The number of rotatable bonds is 6. The smallest absolute Gasteiger partial charge is 0.194 e. The number of guanidine groups is 1. The standard InChI is InChI=1S/C20H32N4/c1-4-21-20(24-13-12-17(15-24)23(5-2)6-3)22-19-14-18(19)16-10-8-7-9-11-16/h7-11,17-19H,4-6,12-15H2,1-3H3,(H,21,22). The van der Waals surface area contributed by atoms with Crippen molar-refractivity contribution in [3.8, 4) is 0 Å². The highest BCUT2D eigenvalue weighted by molar-refractivity contribution is 5.81. The molecule has 0 bridgehead atoms. The Morgan fingerprint density at radius 3 is 2.62 bits per heavy atom. The van der Waals surface area contributed by atoms with E-state index >= 15 is 0 Å². The van der Waals surface area contributed by atoms with E-state index in [1.54, 1.807) is 0 Å². The molecular formula is C20H32N4. The first-order valence-electron chi connectivity index (χ1n) is 9.61. The van der Waals surface area contributed by atoms with Crippen LogP contribution in [0, 0.1) is 0 Å². The molecule has 2 aliphatic rings. The summed E-state index contributed by atoms with van der Waals surface area (Å²) in [6.07, 6.45) is 2.47. The van der Waals surface area contributed by atoms with Gasteiger partial charge < -0.3 is 10.2 Å². The lowest BCUT2D eigenvalue weighted by Crippen LogP contribution is -2.44. The van der Waals surface area contributed by atoms with Crippen LogP contribution in [0.15, 0.2) is 35.3 Å². The van der Waals surface area contributed by atoms with Gasteiger partial charge in [0.25, 0.3) is 0 Å². The van der Waals surface area contributed by atoms with Gasteiger partial charge in [-0.25, -0.2) is 0 Å². The molecule has 1 aromatic rings. The van der Waals surface area contributed by atoms with Crippen LogP contribution < -0.4 is 5.32 Å². The minimum absolute atomic E-state index is 0.546. The van der Waals surface area contributed by atoms with Gasteiger partial charge in [0, 0.05) is 37.6 Å². The van der Waals surface area contributed by atoms with Crippen LogP contribution in [0.5, 0.6) is 0 Å². The van der Waals surface area contributed by atoms with Gasteiger partial charge in [-0.2, -0.15) is 0 Å². The molecule has 3 rings (SSSR count). The maximum atomic E-state index is 4.77. The minimum atomic E-state index is 0.546. The number of nitrogens with one attached hydrogen (secondary N) is 1. The molecule has 0 spiro atoms. The molecule has 24 heavy (non-hydrogen) atoms. The zero-order valence-electron chi connectivity index (χ0n) is 15.4. The molecule has 0 amide bonds. The average Bonchev–Trinajstić information content (AvgIpc) is 3.22. The number of likely N-dealkylation sites (tertiary alicyclic amines) is 1. The maximum Gasteiger partial charge on any atom is 0.194 e. The molecule has 1 heterocycles. The first-order valence-corrected chi connectivity index (χ1v) is 9.61. The Kier molecular flexibility index (Phi) is 5.77. The fourth-order valence-corrected chi connectivity index (χ4v) is 3.95. The molecule has 4 nitrogen and oxygen atoms in total.